The molecule has 1 aromatic carbocycles. The zero-order chi connectivity index (χ0) is 14.5. The Morgan fingerprint density at radius 1 is 1.40 bits per heavy atom. The van der Waals surface area contributed by atoms with Gasteiger partial charge in [-0.1, -0.05) is 13.3 Å². The van der Waals surface area contributed by atoms with E-state index in [4.69, 9.17) is 10.5 Å². The Bertz CT molecular complexity index is 484. The molecule has 0 aliphatic carbocycles. The van der Waals surface area contributed by atoms with Crippen LogP contribution < -0.4 is 10.6 Å². The minimum atomic E-state index is -0.384. The summed E-state index contributed by atoms with van der Waals surface area (Å²) >= 11 is 0. The number of nitrogens with zero attached hydrogens (tertiary/aromatic N) is 1. The number of rotatable bonds is 6. The summed E-state index contributed by atoms with van der Waals surface area (Å²) in [6.07, 6.45) is 1.83. The second kappa shape index (κ2) is 6.52. The van der Waals surface area contributed by atoms with Crippen molar-refractivity contribution in [1.82, 2.24) is 0 Å². The predicted molar refractivity (Wildman–Crippen MR) is 77.0 cm³/mol. The summed E-state index contributed by atoms with van der Waals surface area (Å²) in [5.74, 6) is 0.141. The first-order valence-electron chi connectivity index (χ1n) is 6.97. The van der Waals surface area contributed by atoms with Crippen LogP contribution in [0.4, 0.5) is 10.5 Å². The number of amides is 1. The first kappa shape index (κ1) is 14.5. The van der Waals surface area contributed by atoms with E-state index < -0.39 is 0 Å². The highest BCUT2D eigenvalue weighted by Gasteiger charge is 2.31. The number of unbranched alkanes of at least 4 members (excludes halogenated alkanes) is 1. The number of benzene rings is 1. The van der Waals surface area contributed by atoms with E-state index in [0.29, 0.717) is 25.1 Å². The Labute approximate surface area is 118 Å². The summed E-state index contributed by atoms with van der Waals surface area (Å²) < 4.78 is 5.10. The number of ketones is 1. The number of nitrogens with two attached hydrogens (primary N) is 1. The van der Waals surface area contributed by atoms with Crippen molar-refractivity contribution < 1.29 is 14.3 Å². The van der Waals surface area contributed by atoms with Gasteiger partial charge in [-0.25, -0.2) is 4.79 Å². The Kier molecular flexibility index (Phi) is 4.74. The molecule has 1 atom stereocenters. The fraction of sp³-hybridized carbons (Fsp3) is 0.467. The molecule has 5 nitrogen and oxygen atoms in total. The van der Waals surface area contributed by atoms with Gasteiger partial charge in [0.15, 0.2) is 5.78 Å². The molecule has 1 aliphatic heterocycles. The van der Waals surface area contributed by atoms with E-state index in [-0.39, 0.29) is 18.0 Å². The SMILES string of the molecule is CCCCC(=O)c1ccc(N2CC(CN)OC2=O)cc1. The van der Waals surface area contributed by atoms with Gasteiger partial charge >= 0.3 is 6.09 Å². The van der Waals surface area contributed by atoms with Crippen molar-refractivity contribution in [2.45, 2.75) is 32.3 Å². The smallest absolute Gasteiger partial charge is 0.414 e. The summed E-state index contributed by atoms with van der Waals surface area (Å²) in [6.45, 7) is 2.83. The molecule has 0 spiro atoms. The summed E-state index contributed by atoms with van der Waals surface area (Å²) in [7, 11) is 0. The number of cyclic esters (lactones) is 1. The van der Waals surface area contributed by atoms with Crippen LogP contribution in [-0.4, -0.2) is 31.1 Å². The van der Waals surface area contributed by atoms with E-state index in [1.807, 2.05) is 0 Å². The van der Waals surface area contributed by atoms with Crippen LogP contribution in [0.25, 0.3) is 0 Å². The molecule has 0 saturated carbocycles. The average Bonchev–Trinajstić information content (AvgIpc) is 2.86. The molecule has 20 heavy (non-hydrogen) atoms. The van der Waals surface area contributed by atoms with E-state index >= 15 is 0 Å². The second-order valence-corrected chi connectivity index (χ2v) is 4.93. The lowest BCUT2D eigenvalue weighted by molar-refractivity contribution is 0.0979. The fourth-order valence-electron chi connectivity index (χ4n) is 2.16. The normalized spacial score (nSPS) is 18.2. The van der Waals surface area contributed by atoms with Crippen molar-refractivity contribution in [1.29, 1.82) is 0 Å². The van der Waals surface area contributed by atoms with E-state index in [2.05, 4.69) is 6.92 Å². The van der Waals surface area contributed by atoms with Gasteiger partial charge in [0.05, 0.1) is 6.54 Å². The van der Waals surface area contributed by atoms with Gasteiger partial charge in [-0.15, -0.1) is 0 Å². The molecule has 1 heterocycles. The van der Waals surface area contributed by atoms with Crippen LogP contribution >= 0.6 is 0 Å². The van der Waals surface area contributed by atoms with Crippen molar-refractivity contribution in [3.8, 4) is 0 Å². The number of hydrogen-bond donors (Lipinski definition) is 1. The zero-order valence-corrected chi connectivity index (χ0v) is 11.7. The fourth-order valence-corrected chi connectivity index (χ4v) is 2.16. The Morgan fingerprint density at radius 2 is 2.10 bits per heavy atom. The number of carbonyl (C=O) groups is 2. The minimum absolute atomic E-state index is 0.141. The van der Waals surface area contributed by atoms with E-state index in [9.17, 15) is 9.59 Å². The van der Waals surface area contributed by atoms with E-state index in [0.717, 1.165) is 18.5 Å². The molecule has 5 heteroatoms. The third-order valence-electron chi connectivity index (χ3n) is 3.40. The van der Waals surface area contributed by atoms with E-state index in [1.165, 1.54) is 4.90 Å². The Balaban J connectivity index is 2.05. The molecule has 1 amide bonds. The van der Waals surface area contributed by atoms with Gasteiger partial charge < -0.3 is 10.5 Å². The van der Waals surface area contributed by atoms with Crippen molar-refractivity contribution in [3.05, 3.63) is 29.8 Å². The van der Waals surface area contributed by atoms with Crippen molar-refractivity contribution >= 4 is 17.6 Å². The maximum atomic E-state index is 11.9. The summed E-state index contributed by atoms with van der Waals surface area (Å²) in [4.78, 5) is 25.1. The topological polar surface area (TPSA) is 72.6 Å². The summed E-state index contributed by atoms with van der Waals surface area (Å²) in [5, 5.41) is 0. The van der Waals surface area contributed by atoms with Crippen LogP contribution in [0, 0.1) is 0 Å². The van der Waals surface area contributed by atoms with Crippen molar-refractivity contribution in [2.75, 3.05) is 18.0 Å². The standard InChI is InChI=1S/C15H20N2O3/c1-2-3-4-14(18)11-5-7-12(8-6-11)17-10-13(9-16)20-15(17)19/h5-8,13H,2-4,9-10,16H2,1H3. The molecule has 0 bridgehead atoms. The molecule has 1 aliphatic rings. The van der Waals surface area contributed by atoms with Crippen molar-refractivity contribution in [2.24, 2.45) is 5.73 Å². The lowest BCUT2D eigenvalue weighted by atomic mass is 10.1. The van der Waals surface area contributed by atoms with Crippen LogP contribution in [-0.2, 0) is 4.74 Å². The van der Waals surface area contributed by atoms with Crippen molar-refractivity contribution in [3.63, 3.8) is 0 Å². The molecule has 1 aromatic rings. The molecule has 2 N–H and O–H groups in total. The number of hydrogen-bond acceptors (Lipinski definition) is 4. The van der Waals surface area contributed by atoms with Gasteiger partial charge in [0, 0.05) is 24.2 Å². The van der Waals surface area contributed by atoms with Crippen LogP contribution in [0.15, 0.2) is 24.3 Å². The summed E-state index contributed by atoms with van der Waals surface area (Å²) in [5.41, 5.74) is 6.92. The van der Waals surface area contributed by atoms with Gasteiger partial charge in [0.1, 0.15) is 6.10 Å². The highest BCUT2D eigenvalue weighted by Crippen LogP contribution is 2.22. The highest BCUT2D eigenvalue weighted by atomic mass is 16.6. The maximum Gasteiger partial charge on any atom is 0.414 e. The molecule has 1 unspecified atom stereocenters. The Morgan fingerprint density at radius 3 is 2.65 bits per heavy atom. The lowest BCUT2D eigenvalue weighted by Gasteiger charge is -2.13. The first-order chi connectivity index (χ1) is 9.65. The first-order valence-corrected chi connectivity index (χ1v) is 6.97. The summed E-state index contributed by atoms with van der Waals surface area (Å²) in [6, 6.07) is 7.07. The van der Waals surface area contributed by atoms with Crippen LogP contribution in [0.2, 0.25) is 0 Å². The van der Waals surface area contributed by atoms with Gasteiger partial charge in [-0.3, -0.25) is 9.69 Å². The van der Waals surface area contributed by atoms with Crippen LogP contribution in [0.3, 0.4) is 0 Å². The maximum absolute atomic E-state index is 11.9. The zero-order valence-electron chi connectivity index (χ0n) is 11.7. The molecule has 0 radical (unpaired) electrons. The molecular weight excluding hydrogens is 256 g/mol. The largest absolute Gasteiger partial charge is 0.443 e. The van der Waals surface area contributed by atoms with E-state index in [1.54, 1.807) is 24.3 Å². The second-order valence-electron chi connectivity index (χ2n) is 4.93. The molecule has 0 aromatic heterocycles. The minimum Gasteiger partial charge on any atom is -0.443 e. The quantitative estimate of drug-likeness (QED) is 0.809. The van der Waals surface area contributed by atoms with Gasteiger partial charge in [-0.05, 0) is 30.7 Å². The van der Waals surface area contributed by atoms with Crippen LogP contribution in [0.5, 0.6) is 0 Å². The van der Waals surface area contributed by atoms with Crippen LogP contribution in [0.1, 0.15) is 36.5 Å². The number of ether oxygens (including phenoxy) is 1. The number of carbonyl (C=O) groups excluding carboxylic acids is 2. The highest BCUT2D eigenvalue weighted by molar-refractivity contribution is 5.97. The number of anilines is 1. The van der Waals surface area contributed by atoms with Gasteiger partial charge in [0.2, 0.25) is 0 Å². The molecule has 1 fully saturated rings. The molecule has 2 rings (SSSR count). The third kappa shape index (κ3) is 3.17. The van der Waals surface area contributed by atoms with Gasteiger partial charge in [-0.2, -0.15) is 0 Å². The Hall–Kier alpha value is -1.88. The predicted octanol–water partition coefficient (Wildman–Crippen LogP) is 2.34. The van der Waals surface area contributed by atoms with Gasteiger partial charge in [0.25, 0.3) is 0 Å². The third-order valence-corrected chi connectivity index (χ3v) is 3.40. The molecule has 1 saturated heterocycles. The average molecular weight is 276 g/mol. The lowest BCUT2D eigenvalue weighted by Crippen LogP contribution is -2.27. The number of Topliss-reactive ketones (excluding diaryl/α,β-unsaturated/α-hetero) is 1. The molecule has 108 valence electrons. The molecular formula is C15H20N2O3. The monoisotopic (exact) mass is 276 g/mol.